The number of hydrogen-bond acceptors (Lipinski definition) is 3. The van der Waals surface area contributed by atoms with Gasteiger partial charge >= 0.3 is 5.97 Å². The van der Waals surface area contributed by atoms with Gasteiger partial charge in [-0.15, -0.1) is 0 Å². The summed E-state index contributed by atoms with van der Waals surface area (Å²) in [5.74, 6) is -0.857. The fourth-order valence-electron chi connectivity index (χ4n) is 2.70. The van der Waals surface area contributed by atoms with E-state index in [9.17, 15) is 14.0 Å². The van der Waals surface area contributed by atoms with Gasteiger partial charge in [-0.05, 0) is 42.3 Å². The first-order valence-corrected chi connectivity index (χ1v) is 8.19. The van der Waals surface area contributed by atoms with Gasteiger partial charge in [0.05, 0.1) is 10.9 Å². The predicted molar refractivity (Wildman–Crippen MR) is 98.2 cm³/mol. The third-order valence-electron chi connectivity index (χ3n) is 3.94. The van der Waals surface area contributed by atoms with Crippen molar-refractivity contribution >= 4 is 29.0 Å². The molecule has 0 amide bonds. The Hall–Kier alpha value is -3.28. The Morgan fingerprint density at radius 1 is 1.15 bits per heavy atom. The molecule has 0 spiro atoms. The number of carboxylic acids is 1. The lowest BCUT2D eigenvalue weighted by Gasteiger charge is -2.10. The summed E-state index contributed by atoms with van der Waals surface area (Å²) in [4.78, 5) is 28.0. The van der Waals surface area contributed by atoms with Gasteiger partial charge in [0, 0.05) is 13.0 Å². The highest BCUT2D eigenvalue weighted by Crippen LogP contribution is 2.12. The van der Waals surface area contributed by atoms with Crippen molar-refractivity contribution in [3.8, 4) is 0 Å². The van der Waals surface area contributed by atoms with E-state index < -0.39 is 5.97 Å². The zero-order chi connectivity index (χ0) is 18.5. The van der Waals surface area contributed by atoms with Gasteiger partial charge in [-0.3, -0.25) is 14.2 Å². The number of para-hydroxylation sites is 1. The summed E-state index contributed by atoms with van der Waals surface area (Å²) in [6.07, 6.45) is 3.60. The Kier molecular flexibility index (Phi) is 5.22. The molecule has 0 fully saturated rings. The molecule has 0 radical (unpaired) electrons. The maximum absolute atomic E-state index is 13.3. The molecule has 3 aromatic rings. The Balaban J connectivity index is 2.03. The molecule has 1 N–H and O–H groups in total. The third-order valence-corrected chi connectivity index (χ3v) is 3.94. The fourth-order valence-corrected chi connectivity index (χ4v) is 2.70. The average molecular weight is 352 g/mol. The van der Waals surface area contributed by atoms with Crippen molar-refractivity contribution in [3.63, 3.8) is 0 Å². The van der Waals surface area contributed by atoms with E-state index in [1.807, 2.05) is 0 Å². The molecule has 132 valence electrons. The van der Waals surface area contributed by atoms with Gasteiger partial charge in [0.2, 0.25) is 0 Å². The first-order chi connectivity index (χ1) is 12.5. The molecule has 1 heterocycles. The van der Waals surface area contributed by atoms with Crippen LogP contribution in [0.15, 0.2) is 53.3 Å². The van der Waals surface area contributed by atoms with Gasteiger partial charge in [0.1, 0.15) is 11.6 Å². The molecule has 26 heavy (non-hydrogen) atoms. The molecule has 3 rings (SSSR count). The van der Waals surface area contributed by atoms with Crippen molar-refractivity contribution in [2.75, 3.05) is 0 Å². The Morgan fingerprint density at radius 3 is 2.73 bits per heavy atom. The summed E-state index contributed by atoms with van der Waals surface area (Å²) >= 11 is 0. The second kappa shape index (κ2) is 7.74. The summed E-state index contributed by atoms with van der Waals surface area (Å²) in [5.41, 5.74) is 0.982. The van der Waals surface area contributed by atoms with Gasteiger partial charge < -0.3 is 5.11 Å². The van der Waals surface area contributed by atoms with E-state index in [0.717, 1.165) is 0 Å². The normalized spacial score (nSPS) is 11.3. The maximum Gasteiger partial charge on any atom is 0.303 e. The highest BCUT2D eigenvalue weighted by atomic mass is 19.1. The number of aliphatic carboxylic acids is 1. The van der Waals surface area contributed by atoms with Crippen LogP contribution in [0.2, 0.25) is 0 Å². The van der Waals surface area contributed by atoms with E-state index in [2.05, 4.69) is 4.98 Å². The van der Waals surface area contributed by atoms with Crippen molar-refractivity contribution in [3.05, 3.63) is 76.1 Å². The Morgan fingerprint density at radius 2 is 1.96 bits per heavy atom. The molecule has 1 aromatic heterocycles. The van der Waals surface area contributed by atoms with E-state index in [1.54, 1.807) is 48.6 Å². The first-order valence-electron chi connectivity index (χ1n) is 8.19. The standard InChI is InChI=1S/C20H17FN2O3/c21-15-6-3-5-14(13-15)10-11-18-22-17-8-2-1-7-16(17)20(26)23(18)12-4-9-19(24)25/h1-3,5-8,10-11,13H,4,9,12H2,(H,24,25)/b11-10+. The molecule has 0 bridgehead atoms. The topological polar surface area (TPSA) is 72.2 Å². The maximum atomic E-state index is 13.3. The lowest BCUT2D eigenvalue weighted by molar-refractivity contribution is -0.137. The van der Waals surface area contributed by atoms with Crippen molar-refractivity contribution in [1.82, 2.24) is 9.55 Å². The number of carboxylic acid groups (broad SMARTS) is 1. The molecule has 5 nitrogen and oxygen atoms in total. The minimum Gasteiger partial charge on any atom is -0.481 e. The molecule has 0 unspecified atom stereocenters. The van der Waals surface area contributed by atoms with Gasteiger partial charge in [-0.2, -0.15) is 0 Å². The Labute approximate surface area is 149 Å². The SMILES string of the molecule is O=C(O)CCCn1c(/C=C/c2cccc(F)c2)nc2ccccc2c1=O. The van der Waals surface area contributed by atoms with E-state index in [1.165, 1.54) is 16.7 Å². The first kappa shape index (κ1) is 17.5. The van der Waals surface area contributed by atoms with Crippen molar-refractivity contribution < 1.29 is 14.3 Å². The van der Waals surface area contributed by atoms with Crippen LogP contribution in [0.1, 0.15) is 24.2 Å². The van der Waals surface area contributed by atoms with Crippen LogP contribution in [0.5, 0.6) is 0 Å². The number of benzene rings is 2. The van der Waals surface area contributed by atoms with Crippen LogP contribution in [0.25, 0.3) is 23.1 Å². The monoisotopic (exact) mass is 352 g/mol. The molecular formula is C20H17FN2O3. The van der Waals surface area contributed by atoms with Gasteiger partial charge in [0.25, 0.3) is 5.56 Å². The quantitative estimate of drug-likeness (QED) is 0.736. The van der Waals surface area contributed by atoms with Gasteiger partial charge in [-0.1, -0.05) is 30.3 Å². The van der Waals surface area contributed by atoms with Crippen LogP contribution < -0.4 is 5.56 Å². The summed E-state index contributed by atoms with van der Waals surface area (Å²) in [6.45, 7) is 0.242. The number of nitrogens with zero attached hydrogens (tertiary/aromatic N) is 2. The number of halogens is 1. The number of carbonyl (C=O) groups is 1. The van der Waals surface area contributed by atoms with Crippen LogP contribution in [-0.2, 0) is 11.3 Å². The number of aromatic nitrogens is 2. The van der Waals surface area contributed by atoms with Gasteiger partial charge in [-0.25, -0.2) is 9.37 Å². The van der Waals surface area contributed by atoms with E-state index >= 15 is 0 Å². The predicted octanol–water partition coefficient (Wildman–Crippen LogP) is 3.57. The zero-order valence-electron chi connectivity index (χ0n) is 13.9. The molecule has 0 atom stereocenters. The van der Waals surface area contributed by atoms with Crippen molar-refractivity contribution in [2.24, 2.45) is 0 Å². The average Bonchev–Trinajstić information content (AvgIpc) is 2.62. The third kappa shape index (κ3) is 4.03. The minimum absolute atomic E-state index is 0.0354. The lowest BCUT2D eigenvalue weighted by atomic mass is 10.2. The molecule has 2 aromatic carbocycles. The lowest BCUT2D eigenvalue weighted by Crippen LogP contribution is -2.24. The summed E-state index contributed by atoms with van der Waals surface area (Å²) in [5, 5.41) is 9.30. The highest BCUT2D eigenvalue weighted by molar-refractivity contribution is 5.79. The smallest absolute Gasteiger partial charge is 0.303 e. The minimum atomic E-state index is -0.913. The Bertz CT molecular complexity index is 1040. The van der Waals surface area contributed by atoms with Crippen LogP contribution >= 0.6 is 0 Å². The van der Waals surface area contributed by atoms with Gasteiger partial charge in [0.15, 0.2) is 0 Å². The molecule has 0 saturated heterocycles. The highest BCUT2D eigenvalue weighted by Gasteiger charge is 2.09. The van der Waals surface area contributed by atoms with E-state index in [0.29, 0.717) is 28.7 Å². The van der Waals surface area contributed by atoms with Crippen LogP contribution in [0.4, 0.5) is 4.39 Å². The summed E-state index contributed by atoms with van der Waals surface area (Å²) < 4.78 is 14.8. The molecule has 0 aliphatic rings. The van der Waals surface area contributed by atoms with E-state index in [4.69, 9.17) is 5.11 Å². The number of fused-ring (bicyclic) bond motifs is 1. The molecule has 0 aliphatic heterocycles. The molecule has 0 saturated carbocycles. The number of rotatable bonds is 6. The van der Waals surface area contributed by atoms with Crippen LogP contribution in [0, 0.1) is 5.82 Å². The van der Waals surface area contributed by atoms with E-state index in [-0.39, 0.29) is 24.3 Å². The second-order valence-corrected chi connectivity index (χ2v) is 5.83. The zero-order valence-corrected chi connectivity index (χ0v) is 13.9. The largest absolute Gasteiger partial charge is 0.481 e. The van der Waals surface area contributed by atoms with Crippen LogP contribution in [-0.4, -0.2) is 20.6 Å². The summed E-state index contributed by atoms with van der Waals surface area (Å²) in [7, 11) is 0. The van der Waals surface area contributed by atoms with Crippen LogP contribution in [0.3, 0.4) is 0 Å². The molecule has 6 heteroatoms. The number of hydrogen-bond donors (Lipinski definition) is 1. The fraction of sp³-hybridized carbons (Fsp3) is 0.150. The second-order valence-electron chi connectivity index (χ2n) is 5.83. The van der Waals surface area contributed by atoms with Crippen molar-refractivity contribution in [1.29, 1.82) is 0 Å². The summed E-state index contributed by atoms with van der Waals surface area (Å²) in [6, 6.07) is 13.1. The molecule has 0 aliphatic carbocycles. The molecular weight excluding hydrogens is 335 g/mol. The van der Waals surface area contributed by atoms with Crippen molar-refractivity contribution in [2.45, 2.75) is 19.4 Å².